The van der Waals surface area contributed by atoms with E-state index in [1.54, 1.807) is 12.1 Å². The number of nitrogens with one attached hydrogen (secondary N) is 1. The van der Waals surface area contributed by atoms with E-state index in [4.69, 9.17) is 5.73 Å². The van der Waals surface area contributed by atoms with Gasteiger partial charge in [-0.15, -0.1) is 0 Å². The van der Waals surface area contributed by atoms with Crippen molar-refractivity contribution >= 4 is 32.7 Å². The van der Waals surface area contributed by atoms with Gasteiger partial charge in [0.2, 0.25) is 5.91 Å². The zero-order valence-electron chi connectivity index (χ0n) is 12.7. The van der Waals surface area contributed by atoms with Crippen molar-refractivity contribution in [1.29, 1.82) is 0 Å². The number of carbonyl (C=O) groups excluding carboxylic acids is 1. The third kappa shape index (κ3) is 3.79. The second kappa shape index (κ2) is 6.80. The number of nitrogens with zero attached hydrogens (tertiary/aromatic N) is 2. The van der Waals surface area contributed by atoms with Crippen molar-refractivity contribution in [2.45, 2.75) is 31.8 Å². The Morgan fingerprint density at radius 1 is 1.48 bits per heavy atom. The normalized spacial score (nSPS) is 15.6. The topological polar surface area (TPSA) is 90.0 Å². The number of rotatable bonds is 6. The van der Waals surface area contributed by atoms with Crippen LogP contribution in [0.3, 0.4) is 0 Å². The summed E-state index contributed by atoms with van der Waals surface area (Å²) >= 11 is 3.36. The van der Waals surface area contributed by atoms with Gasteiger partial charge in [-0.25, -0.2) is 4.98 Å². The lowest BCUT2D eigenvalue weighted by atomic mass is 10.2. The van der Waals surface area contributed by atoms with Crippen LogP contribution in [0.4, 0.5) is 0 Å². The molecule has 6 nitrogen and oxygen atoms in total. The van der Waals surface area contributed by atoms with Gasteiger partial charge in [0, 0.05) is 30.0 Å². The molecule has 1 aromatic carbocycles. The molecule has 0 saturated heterocycles. The first kappa shape index (κ1) is 16.1. The van der Waals surface area contributed by atoms with Gasteiger partial charge in [0.1, 0.15) is 0 Å². The van der Waals surface area contributed by atoms with Gasteiger partial charge in [0.15, 0.2) is 0 Å². The van der Waals surface area contributed by atoms with Crippen LogP contribution < -0.4 is 16.6 Å². The standard InChI is InChI=1S/C16H19BrN4O2/c17-11-3-4-13-12(7-11)16(23)21(9-19-13)6-5-15(22)20-14(8-18)10-1-2-10/h3-4,7,9-10,14H,1-2,5-6,8,18H2,(H,20,22). The maximum atomic E-state index is 12.4. The highest BCUT2D eigenvalue weighted by Gasteiger charge is 2.31. The molecule has 1 unspecified atom stereocenters. The molecule has 0 spiro atoms. The first-order valence-electron chi connectivity index (χ1n) is 7.72. The van der Waals surface area contributed by atoms with Gasteiger partial charge in [-0.05, 0) is 37.0 Å². The fourth-order valence-electron chi connectivity index (χ4n) is 2.66. The Kier molecular flexibility index (Phi) is 4.77. The molecule has 7 heteroatoms. The molecule has 0 aliphatic heterocycles. The number of amides is 1. The van der Waals surface area contributed by atoms with Gasteiger partial charge in [-0.1, -0.05) is 15.9 Å². The number of hydrogen-bond acceptors (Lipinski definition) is 4. The number of aryl methyl sites for hydroxylation is 1. The van der Waals surface area contributed by atoms with E-state index in [-0.39, 0.29) is 23.9 Å². The number of hydrogen-bond donors (Lipinski definition) is 2. The third-order valence-corrected chi connectivity index (χ3v) is 4.65. The van der Waals surface area contributed by atoms with E-state index in [9.17, 15) is 9.59 Å². The Labute approximate surface area is 142 Å². The van der Waals surface area contributed by atoms with E-state index >= 15 is 0 Å². The summed E-state index contributed by atoms with van der Waals surface area (Å²) < 4.78 is 2.30. The highest BCUT2D eigenvalue weighted by Crippen LogP contribution is 2.32. The lowest BCUT2D eigenvalue weighted by Gasteiger charge is -2.16. The predicted octanol–water partition coefficient (Wildman–Crippen LogP) is 1.40. The second-order valence-electron chi connectivity index (χ2n) is 5.90. The predicted molar refractivity (Wildman–Crippen MR) is 92.0 cm³/mol. The Morgan fingerprint density at radius 2 is 2.26 bits per heavy atom. The number of aromatic nitrogens is 2. The first-order chi connectivity index (χ1) is 11.1. The van der Waals surface area contributed by atoms with Crippen molar-refractivity contribution in [3.8, 4) is 0 Å². The van der Waals surface area contributed by atoms with Crippen LogP contribution in [-0.2, 0) is 11.3 Å². The van der Waals surface area contributed by atoms with E-state index in [2.05, 4.69) is 26.2 Å². The lowest BCUT2D eigenvalue weighted by Crippen LogP contribution is -2.42. The summed E-state index contributed by atoms with van der Waals surface area (Å²) in [5, 5.41) is 3.50. The molecular weight excluding hydrogens is 360 g/mol. The molecule has 2 aromatic rings. The third-order valence-electron chi connectivity index (χ3n) is 4.16. The molecule has 1 aliphatic carbocycles. The van der Waals surface area contributed by atoms with Crippen molar-refractivity contribution in [1.82, 2.24) is 14.9 Å². The molecule has 1 aliphatic rings. The fourth-order valence-corrected chi connectivity index (χ4v) is 3.02. The lowest BCUT2D eigenvalue weighted by molar-refractivity contribution is -0.122. The minimum atomic E-state index is -0.137. The van der Waals surface area contributed by atoms with Crippen molar-refractivity contribution in [3.05, 3.63) is 39.4 Å². The zero-order valence-corrected chi connectivity index (χ0v) is 14.3. The molecule has 23 heavy (non-hydrogen) atoms. The Morgan fingerprint density at radius 3 is 2.96 bits per heavy atom. The van der Waals surface area contributed by atoms with E-state index in [0.29, 0.717) is 29.9 Å². The van der Waals surface area contributed by atoms with Crippen molar-refractivity contribution in [3.63, 3.8) is 0 Å². The van der Waals surface area contributed by atoms with Gasteiger partial charge in [0.25, 0.3) is 5.56 Å². The Hall–Kier alpha value is -1.73. The molecule has 1 atom stereocenters. The fraction of sp³-hybridized carbons (Fsp3) is 0.438. The molecule has 1 heterocycles. The van der Waals surface area contributed by atoms with Gasteiger partial charge in [-0.3, -0.25) is 14.2 Å². The van der Waals surface area contributed by atoms with Crippen LogP contribution >= 0.6 is 15.9 Å². The summed E-state index contributed by atoms with van der Waals surface area (Å²) in [7, 11) is 0. The van der Waals surface area contributed by atoms with E-state index in [1.165, 1.54) is 10.9 Å². The van der Waals surface area contributed by atoms with Gasteiger partial charge in [0.05, 0.1) is 17.2 Å². The van der Waals surface area contributed by atoms with Gasteiger partial charge in [-0.2, -0.15) is 0 Å². The van der Waals surface area contributed by atoms with Crippen LogP contribution in [0.1, 0.15) is 19.3 Å². The number of benzene rings is 1. The summed E-state index contributed by atoms with van der Waals surface area (Å²) in [5.74, 6) is 0.444. The van der Waals surface area contributed by atoms with Gasteiger partial charge < -0.3 is 11.1 Å². The van der Waals surface area contributed by atoms with E-state index < -0.39 is 0 Å². The molecule has 1 fully saturated rings. The Balaban J connectivity index is 1.68. The van der Waals surface area contributed by atoms with E-state index in [1.807, 2.05) is 6.07 Å². The molecule has 122 valence electrons. The molecule has 3 rings (SSSR count). The monoisotopic (exact) mass is 378 g/mol. The number of carbonyl (C=O) groups is 1. The summed E-state index contributed by atoms with van der Waals surface area (Å²) in [4.78, 5) is 28.7. The maximum absolute atomic E-state index is 12.4. The number of fused-ring (bicyclic) bond motifs is 1. The van der Waals surface area contributed by atoms with Crippen LogP contribution in [-0.4, -0.2) is 28.0 Å². The summed E-state index contributed by atoms with van der Waals surface area (Å²) in [5.41, 5.74) is 6.20. The zero-order chi connectivity index (χ0) is 16.4. The number of halogens is 1. The molecule has 0 radical (unpaired) electrons. The average molecular weight is 379 g/mol. The summed E-state index contributed by atoms with van der Waals surface area (Å²) in [6.45, 7) is 0.768. The van der Waals surface area contributed by atoms with Crippen molar-refractivity contribution in [2.24, 2.45) is 11.7 Å². The van der Waals surface area contributed by atoms with E-state index in [0.717, 1.165) is 17.3 Å². The SMILES string of the molecule is NCC(NC(=O)CCn1cnc2ccc(Br)cc2c1=O)C1CC1. The first-order valence-corrected chi connectivity index (χ1v) is 8.52. The molecular formula is C16H19BrN4O2. The molecule has 1 saturated carbocycles. The quantitative estimate of drug-likeness (QED) is 0.794. The molecule has 0 bridgehead atoms. The second-order valence-corrected chi connectivity index (χ2v) is 6.82. The summed E-state index contributed by atoms with van der Waals surface area (Å²) in [6.07, 6.45) is 3.99. The molecule has 1 aromatic heterocycles. The van der Waals surface area contributed by atoms with Crippen LogP contribution in [0.15, 0.2) is 33.8 Å². The minimum absolute atomic E-state index is 0.0601. The van der Waals surface area contributed by atoms with Crippen LogP contribution in [0.2, 0.25) is 0 Å². The average Bonchev–Trinajstić information content (AvgIpc) is 3.37. The maximum Gasteiger partial charge on any atom is 0.261 e. The van der Waals surface area contributed by atoms with Gasteiger partial charge >= 0.3 is 0 Å². The highest BCUT2D eigenvalue weighted by molar-refractivity contribution is 9.10. The molecule has 3 N–H and O–H groups in total. The minimum Gasteiger partial charge on any atom is -0.352 e. The highest BCUT2D eigenvalue weighted by atomic mass is 79.9. The largest absolute Gasteiger partial charge is 0.352 e. The summed E-state index contributed by atoms with van der Waals surface area (Å²) in [6, 6.07) is 5.44. The number of nitrogens with two attached hydrogens (primary N) is 1. The van der Waals surface area contributed by atoms with Crippen LogP contribution in [0.5, 0.6) is 0 Å². The van der Waals surface area contributed by atoms with Crippen LogP contribution in [0, 0.1) is 5.92 Å². The van der Waals surface area contributed by atoms with Crippen molar-refractivity contribution < 1.29 is 4.79 Å². The van der Waals surface area contributed by atoms with Crippen LogP contribution in [0.25, 0.3) is 10.9 Å². The Bertz CT molecular complexity index is 785. The molecule has 1 amide bonds. The smallest absolute Gasteiger partial charge is 0.261 e. The van der Waals surface area contributed by atoms with Crippen molar-refractivity contribution in [2.75, 3.05) is 6.54 Å².